The number of esters is 1. The first kappa shape index (κ1) is 19.5. The summed E-state index contributed by atoms with van der Waals surface area (Å²) in [5, 5.41) is 0.868. The average molecular weight is 381 g/mol. The van der Waals surface area contributed by atoms with Gasteiger partial charge in [-0.25, -0.2) is 14.2 Å². The molecule has 3 aromatic rings. The Labute approximate surface area is 163 Å². The fourth-order valence-electron chi connectivity index (χ4n) is 2.86. The number of hydrogen-bond donors (Lipinski definition) is 0. The summed E-state index contributed by atoms with van der Waals surface area (Å²) in [6.07, 6.45) is -0.410. The zero-order valence-corrected chi connectivity index (χ0v) is 16.6. The number of aromatic nitrogens is 1. The third kappa shape index (κ3) is 4.17. The van der Waals surface area contributed by atoms with E-state index in [9.17, 15) is 9.59 Å². The van der Waals surface area contributed by atoms with Gasteiger partial charge in [0, 0.05) is 11.1 Å². The number of fused-ring (bicyclic) bond motifs is 1. The predicted octanol–water partition coefficient (Wildman–Crippen LogP) is 5.31. The van der Waals surface area contributed by atoms with Gasteiger partial charge in [0.15, 0.2) is 0 Å². The van der Waals surface area contributed by atoms with Crippen molar-refractivity contribution >= 4 is 23.0 Å². The molecule has 1 aromatic heterocycles. The SMILES string of the molecule is COC(=O)c1ccc(Oc2ccc3c(c2)cc(C)n3C(=O)OC(C)(C)C)cc1. The number of rotatable bonds is 3. The maximum Gasteiger partial charge on any atom is 0.419 e. The maximum absolute atomic E-state index is 12.5. The lowest BCUT2D eigenvalue weighted by atomic mass is 10.2. The van der Waals surface area contributed by atoms with Crippen molar-refractivity contribution in [2.75, 3.05) is 7.11 Å². The van der Waals surface area contributed by atoms with Crippen molar-refractivity contribution in [3.8, 4) is 11.5 Å². The highest BCUT2D eigenvalue weighted by Gasteiger charge is 2.21. The molecule has 0 aliphatic rings. The van der Waals surface area contributed by atoms with E-state index < -0.39 is 17.7 Å². The monoisotopic (exact) mass is 381 g/mol. The van der Waals surface area contributed by atoms with Gasteiger partial charge in [-0.1, -0.05) is 0 Å². The van der Waals surface area contributed by atoms with Gasteiger partial charge in [0.25, 0.3) is 0 Å². The lowest BCUT2D eigenvalue weighted by Crippen LogP contribution is -2.27. The predicted molar refractivity (Wildman–Crippen MR) is 106 cm³/mol. The number of aryl methyl sites for hydroxylation is 1. The number of carbonyl (C=O) groups excluding carboxylic acids is 2. The maximum atomic E-state index is 12.5. The molecule has 0 saturated carbocycles. The third-order valence-corrected chi connectivity index (χ3v) is 4.04. The molecule has 2 aromatic carbocycles. The Kier molecular flexibility index (Phi) is 5.14. The van der Waals surface area contributed by atoms with E-state index in [1.54, 1.807) is 34.9 Å². The van der Waals surface area contributed by atoms with Crippen LogP contribution in [0.15, 0.2) is 48.5 Å². The van der Waals surface area contributed by atoms with Gasteiger partial charge < -0.3 is 14.2 Å². The summed E-state index contributed by atoms with van der Waals surface area (Å²) in [4.78, 5) is 24.0. The minimum atomic E-state index is -0.570. The number of methoxy groups -OCH3 is 1. The summed E-state index contributed by atoms with van der Waals surface area (Å²) < 4.78 is 17.6. The molecular formula is C22H23NO5. The highest BCUT2D eigenvalue weighted by molar-refractivity contribution is 5.92. The third-order valence-electron chi connectivity index (χ3n) is 4.04. The first-order valence-electron chi connectivity index (χ1n) is 8.89. The fourth-order valence-corrected chi connectivity index (χ4v) is 2.86. The van der Waals surface area contributed by atoms with E-state index in [4.69, 9.17) is 9.47 Å². The molecule has 6 nitrogen and oxygen atoms in total. The Bertz CT molecular complexity index is 1030. The van der Waals surface area contributed by atoms with Gasteiger partial charge in [-0.2, -0.15) is 0 Å². The Balaban J connectivity index is 1.85. The van der Waals surface area contributed by atoms with Crippen LogP contribution in [0.5, 0.6) is 11.5 Å². The first-order chi connectivity index (χ1) is 13.2. The minimum absolute atomic E-state index is 0.396. The molecule has 0 radical (unpaired) electrons. The van der Waals surface area contributed by atoms with Crippen molar-refractivity contribution in [3.05, 3.63) is 59.8 Å². The lowest BCUT2D eigenvalue weighted by molar-refractivity contribution is 0.0540. The van der Waals surface area contributed by atoms with Crippen molar-refractivity contribution in [2.24, 2.45) is 0 Å². The highest BCUT2D eigenvalue weighted by atomic mass is 16.6. The summed E-state index contributed by atoms with van der Waals surface area (Å²) in [5.41, 5.74) is 1.42. The smallest absolute Gasteiger partial charge is 0.419 e. The molecule has 28 heavy (non-hydrogen) atoms. The first-order valence-corrected chi connectivity index (χ1v) is 8.89. The summed E-state index contributed by atoms with van der Waals surface area (Å²) in [6, 6.07) is 14.1. The summed E-state index contributed by atoms with van der Waals surface area (Å²) in [7, 11) is 1.34. The topological polar surface area (TPSA) is 66.8 Å². The quantitative estimate of drug-likeness (QED) is 0.575. The summed E-state index contributed by atoms with van der Waals surface area (Å²) in [5.74, 6) is 0.821. The molecule has 0 N–H and O–H groups in total. The van der Waals surface area contributed by atoms with Crippen LogP contribution in [0.25, 0.3) is 10.9 Å². The lowest BCUT2D eigenvalue weighted by Gasteiger charge is -2.20. The Hall–Kier alpha value is -3.28. The molecule has 3 rings (SSSR count). The molecule has 0 spiro atoms. The van der Waals surface area contributed by atoms with Crippen LogP contribution in [0, 0.1) is 6.92 Å². The number of hydrogen-bond acceptors (Lipinski definition) is 5. The van der Waals surface area contributed by atoms with E-state index in [-0.39, 0.29) is 0 Å². The molecule has 0 aliphatic carbocycles. The van der Waals surface area contributed by atoms with Crippen LogP contribution in [0.3, 0.4) is 0 Å². The number of benzene rings is 2. The van der Waals surface area contributed by atoms with Crippen molar-refractivity contribution in [1.82, 2.24) is 4.57 Å². The van der Waals surface area contributed by atoms with E-state index in [1.807, 2.05) is 45.9 Å². The molecule has 0 unspecified atom stereocenters. The molecule has 0 amide bonds. The Morgan fingerprint density at radius 2 is 1.57 bits per heavy atom. The second kappa shape index (κ2) is 7.38. The van der Waals surface area contributed by atoms with Gasteiger partial charge in [-0.15, -0.1) is 0 Å². The average Bonchev–Trinajstić information content (AvgIpc) is 2.95. The second-order valence-electron chi connectivity index (χ2n) is 7.44. The minimum Gasteiger partial charge on any atom is -0.465 e. The van der Waals surface area contributed by atoms with Gasteiger partial charge in [0.05, 0.1) is 18.2 Å². The molecule has 0 aliphatic heterocycles. The van der Waals surface area contributed by atoms with Gasteiger partial charge in [0.2, 0.25) is 0 Å². The molecule has 6 heteroatoms. The largest absolute Gasteiger partial charge is 0.465 e. The van der Waals surface area contributed by atoms with Crippen LogP contribution in [0.2, 0.25) is 0 Å². The van der Waals surface area contributed by atoms with E-state index >= 15 is 0 Å². The normalized spacial score (nSPS) is 11.3. The van der Waals surface area contributed by atoms with Crippen molar-refractivity contribution in [2.45, 2.75) is 33.3 Å². The van der Waals surface area contributed by atoms with Crippen LogP contribution < -0.4 is 4.74 Å². The van der Waals surface area contributed by atoms with Gasteiger partial charge in [0.1, 0.15) is 17.1 Å². The van der Waals surface area contributed by atoms with Crippen LogP contribution in [0.4, 0.5) is 4.79 Å². The van der Waals surface area contributed by atoms with Crippen LogP contribution >= 0.6 is 0 Å². The number of carbonyl (C=O) groups is 2. The van der Waals surface area contributed by atoms with E-state index in [0.29, 0.717) is 17.1 Å². The van der Waals surface area contributed by atoms with Crippen LogP contribution in [-0.4, -0.2) is 29.3 Å². The van der Waals surface area contributed by atoms with Gasteiger partial charge in [-0.05, 0) is 76.2 Å². The zero-order chi connectivity index (χ0) is 20.5. The standard InChI is InChI=1S/C22H23NO5/c1-14-12-16-13-18(27-17-8-6-15(7-9-17)20(24)26-5)10-11-19(16)23(14)21(25)28-22(2,3)4/h6-13H,1-5H3. The Morgan fingerprint density at radius 1 is 0.929 bits per heavy atom. The second-order valence-corrected chi connectivity index (χ2v) is 7.44. The van der Waals surface area contributed by atoms with Crippen molar-refractivity contribution in [1.29, 1.82) is 0 Å². The van der Waals surface area contributed by atoms with E-state index in [1.165, 1.54) is 7.11 Å². The molecule has 0 bridgehead atoms. The van der Waals surface area contributed by atoms with Crippen LogP contribution in [-0.2, 0) is 9.47 Å². The molecular weight excluding hydrogens is 358 g/mol. The zero-order valence-electron chi connectivity index (χ0n) is 16.6. The molecule has 1 heterocycles. The molecule has 0 fully saturated rings. The van der Waals surface area contributed by atoms with Crippen LogP contribution in [0.1, 0.15) is 36.8 Å². The van der Waals surface area contributed by atoms with Crippen molar-refractivity contribution in [3.63, 3.8) is 0 Å². The Morgan fingerprint density at radius 3 is 2.18 bits per heavy atom. The fraction of sp³-hybridized carbons (Fsp3) is 0.273. The van der Waals surface area contributed by atoms with Crippen molar-refractivity contribution < 1.29 is 23.8 Å². The summed E-state index contributed by atoms with van der Waals surface area (Å²) in [6.45, 7) is 7.37. The summed E-state index contributed by atoms with van der Waals surface area (Å²) >= 11 is 0. The highest BCUT2D eigenvalue weighted by Crippen LogP contribution is 2.28. The number of ether oxygens (including phenoxy) is 3. The molecule has 0 saturated heterocycles. The van der Waals surface area contributed by atoms with E-state index in [2.05, 4.69) is 4.74 Å². The van der Waals surface area contributed by atoms with E-state index in [0.717, 1.165) is 16.6 Å². The molecule has 146 valence electrons. The van der Waals surface area contributed by atoms with Gasteiger partial charge >= 0.3 is 12.1 Å². The molecule has 0 atom stereocenters. The number of nitrogens with zero attached hydrogens (tertiary/aromatic N) is 1. The van der Waals surface area contributed by atoms with Gasteiger partial charge in [-0.3, -0.25) is 0 Å².